The summed E-state index contributed by atoms with van der Waals surface area (Å²) < 4.78 is 9.81. The van der Waals surface area contributed by atoms with Crippen molar-refractivity contribution in [2.75, 3.05) is 7.11 Å². The zero-order chi connectivity index (χ0) is 14.9. The van der Waals surface area contributed by atoms with Crippen LogP contribution < -0.4 is 0 Å². The van der Waals surface area contributed by atoms with Gasteiger partial charge in [-0.3, -0.25) is 14.4 Å². The number of ketones is 2. The van der Waals surface area contributed by atoms with Crippen LogP contribution in [0.15, 0.2) is 23.3 Å². The van der Waals surface area contributed by atoms with Gasteiger partial charge in [0.15, 0.2) is 11.6 Å². The molecule has 2 aliphatic rings. The monoisotopic (exact) mass is 278 g/mol. The third-order valence-electron chi connectivity index (χ3n) is 3.48. The van der Waals surface area contributed by atoms with Crippen molar-refractivity contribution in [3.8, 4) is 0 Å². The van der Waals surface area contributed by atoms with E-state index in [1.165, 1.54) is 26.2 Å². The van der Waals surface area contributed by atoms with Gasteiger partial charge in [-0.05, 0) is 18.6 Å². The Bertz CT molecular complexity index is 568. The molecular weight excluding hydrogens is 264 g/mol. The zero-order valence-electron chi connectivity index (χ0n) is 11.2. The molecule has 0 N–H and O–H groups in total. The summed E-state index contributed by atoms with van der Waals surface area (Å²) in [5, 5.41) is 0. The largest absolute Gasteiger partial charge is 0.466 e. The van der Waals surface area contributed by atoms with Crippen molar-refractivity contribution < 1.29 is 28.7 Å². The minimum Gasteiger partial charge on any atom is -0.466 e. The van der Waals surface area contributed by atoms with Gasteiger partial charge in [0.2, 0.25) is 5.60 Å². The second-order valence-electron chi connectivity index (χ2n) is 4.78. The smallest absolute Gasteiger partial charge is 0.350 e. The van der Waals surface area contributed by atoms with E-state index in [2.05, 4.69) is 4.74 Å². The Hall–Kier alpha value is -2.24. The molecule has 1 unspecified atom stereocenters. The molecule has 6 heteroatoms. The minimum absolute atomic E-state index is 0.122. The van der Waals surface area contributed by atoms with Crippen LogP contribution >= 0.6 is 0 Å². The zero-order valence-corrected chi connectivity index (χ0v) is 11.2. The molecule has 0 aromatic heterocycles. The number of hydrogen-bond donors (Lipinski definition) is 0. The fourth-order valence-corrected chi connectivity index (χ4v) is 2.58. The maximum atomic E-state index is 12.0. The van der Waals surface area contributed by atoms with Gasteiger partial charge in [-0.25, -0.2) is 4.79 Å². The Labute approximate surface area is 115 Å². The molecule has 6 nitrogen and oxygen atoms in total. The molecule has 2 aliphatic carbocycles. The van der Waals surface area contributed by atoms with Crippen LogP contribution in [0, 0.1) is 0 Å². The van der Waals surface area contributed by atoms with E-state index in [9.17, 15) is 19.2 Å². The summed E-state index contributed by atoms with van der Waals surface area (Å²) in [5.74, 6) is -1.92. The average Bonchev–Trinajstić information content (AvgIpc) is 2.41. The van der Waals surface area contributed by atoms with Crippen LogP contribution in [0.25, 0.3) is 0 Å². The summed E-state index contributed by atoms with van der Waals surface area (Å²) in [4.78, 5) is 46.8. The number of ether oxygens (including phenoxy) is 2. The van der Waals surface area contributed by atoms with E-state index in [0.29, 0.717) is 5.57 Å². The fourth-order valence-electron chi connectivity index (χ4n) is 2.58. The first-order valence-electron chi connectivity index (χ1n) is 6.16. The maximum absolute atomic E-state index is 12.0. The molecule has 0 aromatic carbocycles. The van der Waals surface area contributed by atoms with Crippen LogP contribution in [0.5, 0.6) is 0 Å². The second-order valence-corrected chi connectivity index (χ2v) is 4.78. The first kappa shape index (κ1) is 14.2. The number of methoxy groups -OCH3 is 1. The van der Waals surface area contributed by atoms with Gasteiger partial charge in [-0.1, -0.05) is 0 Å². The van der Waals surface area contributed by atoms with E-state index in [0.717, 1.165) is 0 Å². The standard InChI is InChI=1S/C14H14O6/c1-8(15)20-14(13(18)19-2)6-5-9-10(7-14)12(17)4-3-11(9)16/h3-4H,5-7H2,1-2H3. The van der Waals surface area contributed by atoms with Gasteiger partial charge in [0.05, 0.1) is 7.11 Å². The van der Waals surface area contributed by atoms with Gasteiger partial charge in [-0.15, -0.1) is 0 Å². The highest BCUT2D eigenvalue weighted by atomic mass is 16.6. The van der Waals surface area contributed by atoms with E-state index < -0.39 is 17.5 Å². The number of carbonyl (C=O) groups excluding carboxylic acids is 4. The van der Waals surface area contributed by atoms with Crippen molar-refractivity contribution >= 4 is 23.5 Å². The van der Waals surface area contributed by atoms with Crippen LogP contribution in [0.4, 0.5) is 0 Å². The molecule has 0 fully saturated rings. The van der Waals surface area contributed by atoms with Crippen LogP contribution in [0.2, 0.25) is 0 Å². The molecule has 0 aliphatic heterocycles. The normalized spacial score (nSPS) is 25.3. The van der Waals surface area contributed by atoms with Gasteiger partial charge in [-0.2, -0.15) is 0 Å². The molecule has 0 heterocycles. The molecule has 0 saturated heterocycles. The lowest BCUT2D eigenvalue weighted by molar-refractivity contribution is -0.181. The number of carbonyl (C=O) groups is 4. The number of allylic oxidation sites excluding steroid dienone is 3. The molecule has 0 spiro atoms. The van der Waals surface area contributed by atoms with Gasteiger partial charge >= 0.3 is 11.9 Å². The summed E-state index contributed by atoms with van der Waals surface area (Å²) in [7, 11) is 1.19. The number of rotatable bonds is 2. The van der Waals surface area contributed by atoms with E-state index >= 15 is 0 Å². The molecular formula is C14H14O6. The van der Waals surface area contributed by atoms with Crippen molar-refractivity contribution in [2.45, 2.75) is 31.8 Å². The van der Waals surface area contributed by atoms with Crippen molar-refractivity contribution in [2.24, 2.45) is 0 Å². The second kappa shape index (κ2) is 5.03. The molecule has 0 saturated carbocycles. The Balaban J connectivity index is 2.40. The van der Waals surface area contributed by atoms with Crippen LogP contribution in [0.3, 0.4) is 0 Å². The van der Waals surface area contributed by atoms with Gasteiger partial charge in [0.25, 0.3) is 0 Å². The van der Waals surface area contributed by atoms with Gasteiger partial charge in [0.1, 0.15) is 0 Å². The molecule has 2 rings (SSSR count). The summed E-state index contributed by atoms with van der Waals surface area (Å²) in [6.45, 7) is 1.18. The van der Waals surface area contributed by atoms with E-state index in [1.54, 1.807) is 0 Å². The average molecular weight is 278 g/mol. The molecule has 0 radical (unpaired) electrons. The first-order valence-corrected chi connectivity index (χ1v) is 6.16. The number of hydrogen-bond acceptors (Lipinski definition) is 6. The van der Waals surface area contributed by atoms with E-state index in [-0.39, 0.29) is 36.4 Å². The molecule has 0 aromatic rings. The summed E-state index contributed by atoms with van der Waals surface area (Å²) in [6, 6.07) is 0. The Morgan fingerprint density at radius 2 is 1.75 bits per heavy atom. The van der Waals surface area contributed by atoms with E-state index in [1.807, 2.05) is 0 Å². The van der Waals surface area contributed by atoms with Crippen molar-refractivity contribution in [1.82, 2.24) is 0 Å². The lowest BCUT2D eigenvalue weighted by Crippen LogP contribution is -2.47. The topological polar surface area (TPSA) is 86.7 Å². The predicted octanol–water partition coefficient (Wildman–Crippen LogP) is 0.650. The lowest BCUT2D eigenvalue weighted by Gasteiger charge is -2.35. The summed E-state index contributed by atoms with van der Waals surface area (Å²) >= 11 is 0. The number of esters is 2. The Morgan fingerprint density at radius 1 is 1.15 bits per heavy atom. The molecule has 20 heavy (non-hydrogen) atoms. The maximum Gasteiger partial charge on any atom is 0.350 e. The lowest BCUT2D eigenvalue weighted by atomic mass is 9.75. The SMILES string of the molecule is COC(=O)C1(OC(C)=O)CCC2=C(C1)C(=O)C=CC2=O. The highest BCUT2D eigenvalue weighted by Crippen LogP contribution is 2.38. The molecule has 106 valence electrons. The van der Waals surface area contributed by atoms with Crippen LogP contribution in [-0.4, -0.2) is 36.2 Å². The summed E-state index contributed by atoms with van der Waals surface area (Å²) in [5.41, 5.74) is -0.889. The van der Waals surface area contributed by atoms with Crippen molar-refractivity contribution in [3.05, 3.63) is 23.3 Å². The van der Waals surface area contributed by atoms with Gasteiger partial charge in [0, 0.05) is 30.9 Å². The third-order valence-corrected chi connectivity index (χ3v) is 3.48. The minimum atomic E-state index is -1.51. The molecule has 0 bridgehead atoms. The van der Waals surface area contributed by atoms with Crippen LogP contribution in [-0.2, 0) is 28.7 Å². The quantitative estimate of drug-likeness (QED) is 0.544. The Kier molecular flexibility index (Phi) is 3.57. The first-order chi connectivity index (χ1) is 9.39. The van der Waals surface area contributed by atoms with Crippen LogP contribution in [0.1, 0.15) is 26.2 Å². The highest BCUT2D eigenvalue weighted by Gasteiger charge is 2.48. The van der Waals surface area contributed by atoms with E-state index in [4.69, 9.17) is 4.74 Å². The Morgan fingerprint density at radius 3 is 2.30 bits per heavy atom. The van der Waals surface area contributed by atoms with Crippen molar-refractivity contribution in [1.29, 1.82) is 0 Å². The summed E-state index contributed by atoms with van der Waals surface area (Å²) in [6.07, 6.45) is 2.60. The predicted molar refractivity (Wildman–Crippen MR) is 66.5 cm³/mol. The third kappa shape index (κ3) is 2.29. The molecule has 1 atom stereocenters. The fraction of sp³-hybridized carbons (Fsp3) is 0.429. The highest BCUT2D eigenvalue weighted by molar-refractivity contribution is 6.20. The van der Waals surface area contributed by atoms with Gasteiger partial charge < -0.3 is 9.47 Å². The molecule has 0 amide bonds. The van der Waals surface area contributed by atoms with Crippen molar-refractivity contribution in [3.63, 3.8) is 0 Å².